The number of anilines is 1. The number of aromatic nitrogens is 1. The van der Waals surface area contributed by atoms with E-state index in [2.05, 4.69) is 22.1 Å². The van der Waals surface area contributed by atoms with Crippen molar-refractivity contribution in [3.05, 3.63) is 46.2 Å². The highest BCUT2D eigenvalue weighted by molar-refractivity contribution is 7.10. The lowest BCUT2D eigenvalue weighted by atomic mass is 10.2. The molecule has 2 aromatic rings. The molecule has 0 aliphatic carbocycles. The van der Waals surface area contributed by atoms with Crippen LogP contribution in [0.4, 0.5) is 10.1 Å². The zero-order valence-corrected chi connectivity index (χ0v) is 10.6. The van der Waals surface area contributed by atoms with Gasteiger partial charge in [0.25, 0.3) is 5.91 Å². The summed E-state index contributed by atoms with van der Waals surface area (Å²) in [5.41, 5.74) is 5.80. The zero-order chi connectivity index (χ0) is 13.7. The third-order valence-electron chi connectivity index (χ3n) is 2.20. The van der Waals surface area contributed by atoms with E-state index in [4.69, 9.17) is 5.73 Å². The number of rotatable bonds is 2. The van der Waals surface area contributed by atoms with Gasteiger partial charge in [-0.2, -0.15) is 0 Å². The SMILES string of the molecule is NCC#Cc1cc(C(=O)Nc2ccncc2F)cs1. The fourth-order valence-corrected chi connectivity index (χ4v) is 2.09. The first-order chi connectivity index (χ1) is 9.20. The van der Waals surface area contributed by atoms with E-state index in [1.807, 2.05) is 0 Å². The Kier molecular flexibility index (Phi) is 4.23. The number of pyridine rings is 1. The quantitative estimate of drug-likeness (QED) is 0.822. The Hall–Kier alpha value is -2.23. The highest BCUT2D eigenvalue weighted by Gasteiger charge is 2.10. The lowest BCUT2D eigenvalue weighted by Gasteiger charge is -2.03. The van der Waals surface area contributed by atoms with Crippen LogP contribution in [0.15, 0.2) is 29.9 Å². The Labute approximate surface area is 113 Å². The summed E-state index contributed by atoms with van der Waals surface area (Å²) in [6.45, 7) is 0.266. The van der Waals surface area contributed by atoms with Gasteiger partial charge in [0.05, 0.1) is 28.9 Å². The summed E-state index contributed by atoms with van der Waals surface area (Å²) in [5, 5.41) is 4.14. The average Bonchev–Trinajstić information content (AvgIpc) is 2.88. The van der Waals surface area contributed by atoms with Crippen LogP contribution in [0.1, 0.15) is 15.2 Å². The minimum absolute atomic E-state index is 0.0980. The molecule has 0 aliphatic heterocycles. The molecular formula is C13H10FN3OS. The highest BCUT2D eigenvalue weighted by Crippen LogP contribution is 2.17. The first-order valence-corrected chi connectivity index (χ1v) is 6.27. The van der Waals surface area contributed by atoms with Crippen molar-refractivity contribution in [3.63, 3.8) is 0 Å². The van der Waals surface area contributed by atoms with Crippen LogP contribution in [-0.4, -0.2) is 17.4 Å². The highest BCUT2D eigenvalue weighted by atomic mass is 32.1. The fraction of sp³-hybridized carbons (Fsp3) is 0.0769. The number of nitrogens with two attached hydrogens (primary N) is 1. The Morgan fingerprint density at radius 1 is 1.58 bits per heavy atom. The van der Waals surface area contributed by atoms with Crippen molar-refractivity contribution in [2.45, 2.75) is 0 Å². The van der Waals surface area contributed by atoms with Crippen molar-refractivity contribution in [1.29, 1.82) is 0 Å². The molecule has 96 valence electrons. The predicted octanol–water partition coefficient (Wildman–Crippen LogP) is 1.84. The number of halogens is 1. The molecule has 2 rings (SSSR count). The Bertz CT molecular complexity index is 657. The van der Waals surface area contributed by atoms with Gasteiger partial charge in [-0.05, 0) is 12.1 Å². The number of hydrogen-bond donors (Lipinski definition) is 2. The molecule has 0 aliphatic rings. The molecule has 1 amide bonds. The summed E-state index contributed by atoms with van der Waals surface area (Å²) in [4.78, 5) is 16.2. The van der Waals surface area contributed by atoms with Crippen LogP contribution >= 0.6 is 11.3 Å². The van der Waals surface area contributed by atoms with Crippen LogP contribution in [0.25, 0.3) is 0 Å². The van der Waals surface area contributed by atoms with Crippen molar-refractivity contribution in [1.82, 2.24) is 4.98 Å². The van der Waals surface area contributed by atoms with Crippen molar-refractivity contribution in [2.24, 2.45) is 5.73 Å². The number of thiophene rings is 1. The number of carbonyl (C=O) groups excluding carboxylic acids is 1. The minimum Gasteiger partial charge on any atom is -0.320 e. The molecule has 0 fully saturated rings. The van der Waals surface area contributed by atoms with Gasteiger partial charge in [-0.25, -0.2) is 4.39 Å². The lowest BCUT2D eigenvalue weighted by Crippen LogP contribution is -2.12. The monoisotopic (exact) mass is 275 g/mol. The summed E-state index contributed by atoms with van der Waals surface area (Å²) in [6, 6.07) is 3.04. The van der Waals surface area contributed by atoms with Crippen LogP contribution in [0.5, 0.6) is 0 Å². The first-order valence-electron chi connectivity index (χ1n) is 5.39. The lowest BCUT2D eigenvalue weighted by molar-refractivity contribution is 0.102. The van der Waals surface area contributed by atoms with Crippen LogP contribution in [0.3, 0.4) is 0 Å². The van der Waals surface area contributed by atoms with E-state index in [0.29, 0.717) is 5.56 Å². The second kappa shape index (κ2) is 6.09. The molecule has 0 aromatic carbocycles. The molecule has 4 nitrogen and oxygen atoms in total. The van der Waals surface area contributed by atoms with Crippen LogP contribution in [0, 0.1) is 17.7 Å². The molecule has 3 N–H and O–H groups in total. The molecule has 2 heterocycles. The van der Waals surface area contributed by atoms with Gasteiger partial charge in [0.1, 0.15) is 0 Å². The van der Waals surface area contributed by atoms with Crippen molar-refractivity contribution < 1.29 is 9.18 Å². The first kappa shape index (κ1) is 13.2. The van der Waals surface area contributed by atoms with E-state index in [1.54, 1.807) is 11.4 Å². The number of carbonyl (C=O) groups is 1. The molecular weight excluding hydrogens is 265 g/mol. The minimum atomic E-state index is -0.575. The summed E-state index contributed by atoms with van der Waals surface area (Å²) >= 11 is 1.34. The van der Waals surface area contributed by atoms with E-state index in [1.165, 1.54) is 23.6 Å². The summed E-state index contributed by atoms with van der Waals surface area (Å²) < 4.78 is 13.3. The average molecular weight is 275 g/mol. The fourth-order valence-electron chi connectivity index (χ4n) is 1.33. The van der Waals surface area contributed by atoms with Crippen molar-refractivity contribution in [3.8, 4) is 11.8 Å². The van der Waals surface area contributed by atoms with Gasteiger partial charge in [0, 0.05) is 11.6 Å². The summed E-state index contributed by atoms with van der Waals surface area (Å²) in [6.07, 6.45) is 2.45. The Morgan fingerprint density at radius 3 is 3.16 bits per heavy atom. The number of nitrogens with zero attached hydrogens (tertiary/aromatic N) is 1. The van der Waals surface area contributed by atoms with E-state index in [-0.39, 0.29) is 18.1 Å². The molecule has 0 unspecified atom stereocenters. The molecule has 0 saturated heterocycles. The maximum Gasteiger partial charge on any atom is 0.256 e. The number of amides is 1. The molecule has 0 radical (unpaired) electrons. The standard InChI is InChI=1S/C13H10FN3OS/c14-11-7-16-5-3-12(11)17-13(18)9-6-10(19-8-9)2-1-4-15/h3,5-8H,4,15H2,(H,16,17,18). The third-order valence-corrected chi connectivity index (χ3v) is 3.04. The molecule has 6 heteroatoms. The van der Waals surface area contributed by atoms with Crippen molar-refractivity contribution in [2.75, 3.05) is 11.9 Å². The molecule has 0 atom stereocenters. The van der Waals surface area contributed by atoms with Gasteiger partial charge in [-0.15, -0.1) is 11.3 Å². The normalized spacial score (nSPS) is 9.58. The van der Waals surface area contributed by atoms with E-state index < -0.39 is 5.82 Å². The second-order valence-corrected chi connectivity index (χ2v) is 4.43. The second-order valence-electron chi connectivity index (χ2n) is 3.52. The van der Waals surface area contributed by atoms with Gasteiger partial charge in [0.2, 0.25) is 0 Å². The third kappa shape index (κ3) is 3.37. The maximum atomic E-state index is 13.3. The smallest absolute Gasteiger partial charge is 0.256 e. The Balaban J connectivity index is 2.12. The zero-order valence-electron chi connectivity index (χ0n) is 9.81. The van der Waals surface area contributed by atoms with Gasteiger partial charge >= 0.3 is 0 Å². The van der Waals surface area contributed by atoms with Crippen molar-refractivity contribution >= 4 is 22.9 Å². The number of nitrogens with one attached hydrogen (secondary N) is 1. The van der Waals surface area contributed by atoms with Crippen LogP contribution in [-0.2, 0) is 0 Å². The molecule has 2 aromatic heterocycles. The van der Waals surface area contributed by atoms with Gasteiger partial charge in [-0.1, -0.05) is 11.8 Å². The topological polar surface area (TPSA) is 68.0 Å². The van der Waals surface area contributed by atoms with E-state index in [0.717, 1.165) is 11.1 Å². The molecule has 0 spiro atoms. The van der Waals surface area contributed by atoms with Gasteiger partial charge in [-0.3, -0.25) is 9.78 Å². The summed E-state index contributed by atoms with van der Waals surface area (Å²) in [5.74, 6) is 4.58. The van der Waals surface area contributed by atoms with Gasteiger partial charge in [0.15, 0.2) is 5.82 Å². The van der Waals surface area contributed by atoms with E-state index >= 15 is 0 Å². The predicted molar refractivity (Wildman–Crippen MR) is 72.4 cm³/mol. The summed E-state index contributed by atoms with van der Waals surface area (Å²) in [7, 11) is 0. The molecule has 19 heavy (non-hydrogen) atoms. The molecule has 0 saturated carbocycles. The van der Waals surface area contributed by atoms with Crippen LogP contribution in [0.2, 0.25) is 0 Å². The molecule has 0 bridgehead atoms. The maximum absolute atomic E-state index is 13.3. The van der Waals surface area contributed by atoms with Crippen LogP contribution < -0.4 is 11.1 Å². The van der Waals surface area contributed by atoms with E-state index in [9.17, 15) is 9.18 Å². The van der Waals surface area contributed by atoms with Gasteiger partial charge < -0.3 is 11.1 Å². The Morgan fingerprint density at radius 2 is 2.42 bits per heavy atom. The number of hydrogen-bond acceptors (Lipinski definition) is 4. The largest absolute Gasteiger partial charge is 0.320 e.